The van der Waals surface area contributed by atoms with Gasteiger partial charge in [0.05, 0.1) is 91.6 Å². The normalized spacial score (nSPS) is 11.7. The van der Waals surface area contributed by atoms with Gasteiger partial charge in [0.2, 0.25) is 0 Å². The van der Waals surface area contributed by atoms with Crippen molar-refractivity contribution in [3.05, 3.63) is 234 Å². The average molecular weight is 1030 g/mol. The summed E-state index contributed by atoms with van der Waals surface area (Å²) >= 11 is 0. The van der Waals surface area contributed by atoms with Crippen LogP contribution in [0.1, 0.15) is 33.4 Å². The van der Waals surface area contributed by atoms with Crippen LogP contribution in [0.5, 0.6) is 0 Å². The van der Waals surface area contributed by atoms with Gasteiger partial charge in [0, 0.05) is 27.1 Å². The van der Waals surface area contributed by atoms with E-state index in [1.807, 2.05) is 106 Å². The number of benzene rings is 9. The van der Waals surface area contributed by atoms with E-state index >= 15 is 0 Å². The van der Waals surface area contributed by atoms with Crippen LogP contribution in [-0.4, -0.2) is 14.1 Å². The molecule has 0 spiro atoms. The third-order valence-corrected chi connectivity index (χ3v) is 14.2. The fourth-order valence-electron chi connectivity index (χ4n) is 10.3. The molecule has 0 saturated heterocycles. The molecule has 12 aromatic rings. The fraction of sp³-hybridized carbons (Fsp3) is 0.0308. The Labute approximate surface area is 440 Å². The molecular formula is C65H33F6N7. The zero-order chi connectivity index (χ0) is 54.0. The van der Waals surface area contributed by atoms with Crippen molar-refractivity contribution in [2.75, 3.05) is 0 Å². The van der Waals surface area contributed by atoms with Crippen molar-refractivity contribution >= 4 is 43.6 Å². The number of aromatic nitrogens is 3. The third kappa shape index (κ3) is 8.48. The van der Waals surface area contributed by atoms with E-state index in [1.165, 1.54) is 12.3 Å². The Balaban J connectivity index is 1.19. The zero-order valence-electron chi connectivity index (χ0n) is 40.5. The van der Waals surface area contributed by atoms with E-state index in [1.54, 1.807) is 72.8 Å². The number of alkyl halides is 6. The second kappa shape index (κ2) is 18.6. The van der Waals surface area contributed by atoms with Crippen LogP contribution >= 0.6 is 0 Å². The molecule has 7 nitrogen and oxygen atoms in total. The maximum atomic E-state index is 15.0. The minimum absolute atomic E-state index is 0.00977. The first kappa shape index (κ1) is 48.2. The molecule has 3 heterocycles. The Hall–Kier alpha value is -10.7. The molecule has 0 aliphatic rings. The number of fused-ring (bicyclic) bond motifs is 6. The fourth-order valence-corrected chi connectivity index (χ4v) is 10.3. The molecule has 0 unspecified atom stereocenters. The predicted molar refractivity (Wildman–Crippen MR) is 289 cm³/mol. The highest BCUT2D eigenvalue weighted by atomic mass is 19.4. The second-order valence-electron chi connectivity index (χ2n) is 18.7. The van der Waals surface area contributed by atoms with Crippen molar-refractivity contribution in [3.63, 3.8) is 0 Å². The summed E-state index contributed by atoms with van der Waals surface area (Å²) in [5, 5.41) is 41.2. The zero-order valence-corrected chi connectivity index (χ0v) is 40.5. The number of nitriles is 4. The first-order valence-corrected chi connectivity index (χ1v) is 24.2. The van der Waals surface area contributed by atoms with Gasteiger partial charge in [-0.3, -0.25) is 4.57 Å². The standard InChI is InChI=1S/C65H33F6N7/c66-64(67,68)51-25-50(26-52(31-51)65(69,70)71)57-32-63(78-60-29-48(44-13-5-40(35-74)6-14-44)19-23-55(60)56-24-20-49(30-61(56)78)45-15-7-41(36-75)8-16-45)76-37-62(57)77-58-27-46(42-9-1-38(33-72)2-10-42)17-21-53(58)54-22-18-47(28-59(54)77)43-11-3-39(34-73)4-12-43/h1-32,37H. The summed E-state index contributed by atoms with van der Waals surface area (Å²) in [6, 6.07) is 62.7. The number of halogens is 6. The van der Waals surface area contributed by atoms with E-state index in [-0.39, 0.29) is 28.7 Å². The van der Waals surface area contributed by atoms with Crippen LogP contribution < -0.4 is 0 Å². The van der Waals surface area contributed by atoms with Gasteiger partial charge in [-0.1, -0.05) is 97.1 Å². The van der Waals surface area contributed by atoms with Crippen molar-refractivity contribution in [3.8, 4) is 91.4 Å². The number of hydrogen-bond acceptors (Lipinski definition) is 5. The van der Waals surface area contributed by atoms with Crippen LogP contribution in [0.15, 0.2) is 200 Å². The van der Waals surface area contributed by atoms with Gasteiger partial charge in [0.1, 0.15) is 5.82 Å². The number of hydrogen-bond donors (Lipinski definition) is 0. The molecule has 13 heteroatoms. The van der Waals surface area contributed by atoms with Crippen LogP contribution in [0.2, 0.25) is 0 Å². The van der Waals surface area contributed by atoms with Crippen LogP contribution in [0.4, 0.5) is 26.3 Å². The summed E-state index contributed by atoms with van der Waals surface area (Å²) in [5.41, 5.74) is 6.94. The molecule has 0 aliphatic heterocycles. The first-order valence-electron chi connectivity index (χ1n) is 24.2. The lowest BCUT2D eigenvalue weighted by Crippen LogP contribution is -2.11. The quantitative estimate of drug-likeness (QED) is 0.147. The SMILES string of the molecule is N#Cc1ccc(-c2ccc3c4ccc(-c5ccc(C#N)cc5)cc4n(-c4cc(-c5cc(C(F)(F)F)cc(C(F)(F)F)c5)c(-n5c6cc(-c7ccc(C#N)cc7)ccc6c6ccc(-c7ccc(C#N)cc7)cc65)cn4)c3c2)cc1. The summed E-state index contributed by atoms with van der Waals surface area (Å²) in [5.74, 6) is 0.172. The Morgan fingerprint density at radius 3 is 0.910 bits per heavy atom. The summed E-state index contributed by atoms with van der Waals surface area (Å²) in [6.07, 6.45) is -8.88. The van der Waals surface area contributed by atoms with Crippen LogP contribution in [-0.2, 0) is 12.4 Å². The summed E-state index contributed by atoms with van der Waals surface area (Å²) < 4.78 is 93.6. The van der Waals surface area contributed by atoms with Gasteiger partial charge in [-0.25, -0.2) is 4.98 Å². The molecule has 0 aliphatic carbocycles. The van der Waals surface area contributed by atoms with E-state index in [0.717, 1.165) is 67.1 Å². The molecule has 12 rings (SSSR count). The summed E-state index contributed by atoms with van der Waals surface area (Å²) in [7, 11) is 0. The molecule has 0 saturated carbocycles. The van der Waals surface area contributed by atoms with E-state index in [2.05, 4.69) is 24.3 Å². The molecule has 0 N–H and O–H groups in total. The molecular weight excluding hydrogens is 993 g/mol. The molecule has 0 amide bonds. The Morgan fingerprint density at radius 1 is 0.321 bits per heavy atom. The van der Waals surface area contributed by atoms with Crippen LogP contribution in [0.25, 0.3) is 111 Å². The highest BCUT2D eigenvalue weighted by Gasteiger charge is 2.37. The number of rotatable bonds is 7. The van der Waals surface area contributed by atoms with Crippen molar-refractivity contribution in [2.45, 2.75) is 12.4 Å². The van der Waals surface area contributed by atoms with Gasteiger partial charge < -0.3 is 4.57 Å². The monoisotopic (exact) mass is 1030 g/mol. The van der Waals surface area contributed by atoms with E-state index in [4.69, 9.17) is 4.98 Å². The lowest BCUT2D eigenvalue weighted by atomic mass is 9.98. The highest BCUT2D eigenvalue weighted by Crippen LogP contribution is 2.45. The van der Waals surface area contributed by atoms with Gasteiger partial charge >= 0.3 is 12.4 Å². The largest absolute Gasteiger partial charge is 0.416 e. The van der Waals surface area contributed by atoms with Crippen molar-refractivity contribution in [1.29, 1.82) is 21.0 Å². The molecule has 3 aromatic heterocycles. The van der Waals surface area contributed by atoms with E-state index < -0.39 is 23.5 Å². The lowest BCUT2D eigenvalue weighted by molar-refractivity contribution is -0.143. The minimum atomic E-state index is -5.18. The Bertz CT molecular complexity index is 4340. The molecule has 370 valence electrons. The minimum Gasteiger partial charge on any atom is -0.307 e. The van der Waals surface area contributed by atoms with Gasteiger partial charge in [0.25, 0.3) is 0 Å². The van der Waals surface area contributed by atoms with Crippen molar-refractivity contribution < 1.29 is 26.3 Å². The molecule has 0 bridgehead atoms. The van der Waals surface area contributed by atoms with E-state index in [0.29, 0.717) is 55.4 Å². The molecule has 0 atom stereocenters. The van der Waals surface area contributed by atoms with Gasteiger partial charge in [-0.05, 0) is 147 Å². The third-order valence-electron chi connectivity index (χ3n) is 14.2. The smallest absolute Gasteiger partial charge is 0.307 e. The summed E-state index contributed by atoms with van der Waals surface area (Å²) in [6.45, 7) is 0. The van der Waals surface area contributed by atoms with Crippen molar-refractivity contribution in [1.82, 2.24) is 14.1 Å². The van der Waals surface area contributed by atoms with Crippen LogP contribution in [0, 0.1) is 45.3 Å². The Morgan fingerprint density at radius 2 is 0.615 bits per heavy atom. The lowest BCUT2D eigenvalue weighted by Gasteiger charge is -2.19. The van der Waals surface area contributed by atoms with Gasteiger partial charge in [0.15, 0.2) is 0 Å². The molecule has 78 heavy (non-hydrogen) atoms. The molecule has 0 fully saturated rings. The molecule has 0 radical (unpaired) electrons. The predicted octanol–water partition coefficient (Wildman–Crippen LogP) is 17.1. The van der Waals surface area contributed by atoms with Crippen molar-refractivity contribution in [2.24, 2.45) is 0 Å². The number of nitrogens with zero attached hydrogens (tertiary/aromatic N) is 7. The highest BCUT2D eigenvalue weighted by molar-refractivity contribution is 6.13. The topological polar surface area (TPSA) is 118 Å². The molecule has 9 aromatic carbocycles. The average Bonchev–Trinajstić information content (AvgIpc) is 4.17. The maximum Gasteiger partial charge on any atom is 0.416 e. The van der Waals surface area contributed by atoms with Crippen LogP contribution in [0.3, 0.4) is 0 Å². The second-order valence-corrected chi connectivity index (χ2v) is 18.7. The Kier molecular flexibility index (Phi) is 11.5. The maximum absolute atomic E-state index is 15.0. The number of pyridine rings is 1. The van der Waals surface area contributed by atoms with Gasteiger partial charge in [-0.2, -0.15) is 47.4 Å². The first-order chi connectivity index (χ1) is 37.7. The van der Waals surface area contributed by atoms with E-state index in [9.17, 15) is 47.4 Å². The van der Waals surface area contributed by atoms with Gasteiger partial charge in [-0.15, -0.1) is 0 Å². The summed E-state index contributed by atoms with van der Waals surface area (Å²) in [4.78, 5) is 5.13.